The van der Waals surface area contributed by atoms with Crippen LogP contribution in [0.25, 0.3) is 0 Å². The number of carbonyl (C=O) groups excluding carboxylic acids is 2. The van der Waals surface area contributed by atoms with Gasteiger partial charge in [-0.15, -0.1) is 0 Å². The van der Waals surface area contributed by atoms with Crippen LogP contribution in [0.2, 0.25) is 0 Å². The zero-order valence-corrected chi connectivity index (χ0v) is 16.6. The van der Waals surface area contributed by atoms with Gasteiger partial charge >= 0.3 is 0 Å². The lowest BCUT2D eigenvalue weighted by molar-refractivity contribution is -0.124. The molecule has 2 aromatic carbocycles. The summed E-state index contributed by atoms with van der Waals surface area (Å²) in [5.74, 6) is 0.639. The molecule has 0 bridgehead atoms. The number of anilines is 1. The highest BCUT2D eigenvalue weighted by atomic mass is 16.5. The van der Waals surface area contributed by atoms with Crippen LogP contribution in [-0.4, -0.2) is 43.1 Å². The maximum absolute atomic E-state index is 13.2. The Bertz CT molecular complexity index is 875. The van der Waals surface area contributed by atoms with E-state index in [2.05, 4.69) is 5.32 Å². The summed E-state index contributed by atoms with van der Waals surface area (Å²) in [7, 11) is 1.64. The number of nitrogens with zero attached hydrogens (tertiary/aromatic N) is 1. The molecule has 0 aliphatic carbocycles. The molecule has 2 aliphatic rings. The molecule has 0 spiro atoms. The maximum Gasteiger partial charge on any atom is 0.254 e. The molecule has 6 nitrogen and oxygen atoms in total. The average Bonchev–Trinajstić information content (AvgIpc) is 3.46. The predicted molar refractivity (Wildman–Crippen MR) is 110 cm³/mol. The van der Waals surface area contributed by atoms with Crippen LogP contribution >= 0.6 is 0 Å². The number of amides is 2. The molecule has 4 rings (SSSR count). The average molecular weight is 394 g/mol. The van der Waals surface area contributed by atoms with Crippen molar-refractivity contribution in [3.63, 3.8) is 0 Å². The van der Waals surface area contributed by atoms with Crippen molar-refractivity contribution in [3.8, 4) is 5.75 Å². The molecule has 6 heteroatoms. The van der Waals surface area contributed by atoms with Crippen LogP contribution in [0.5, 0.6) is 5.75 Å². The van der Waals surface area contributed by atoms with Crippen LogP contribution in [0.4, 0.5) is 5.69 Å². The molecule has 2 fully saturated rings. The Kier molecular flexibility index (Phi) is 5.81. The second kappa shape index (κ2) is 8.66. The standard InChI is InChI=1S/C23H26N2O4/c1-28-19-11-9-16(10-12-19)20-7-3-13-25(20)23(27)17-5-2-6-18(15-17)24-22(26)21-8-4-14-29-21/h2,5-6,9-12,15,20-21H,3-4,7-8,13-14H2,1H3,(H,24,26). The lowest BCUT2D eigenvalue weighted by atomic mass is 10.0. The van der Waals surface area contributed by atoms with Crippen LogP contribution in [0.15, 0.2) is 48.5 Å². The fourth-order valence-corrected chi connectivity index (χ4v) is 4.09. The smallest absolute Gasteiger partial charge is 0.254 e. The topological polar surface area (TPSA) is 67.9 Å². The second-order valence-electron chi connectivity index (χ2n) is 7.50. The molecular formula is C23H26N2O4. The lowest BCUT2D eigenvalue weighted by Gasteiger charge is -2.25. The van der Waals surface area contributed by atoms with E-state index in [4.69, 9.17) is 9.47 Å². The molecule has 0 radical (unpaired) electrons. The normalized spacial score (nSPS) is 21.2. The molecule has 2 unspecified atom stereocenters. The summed E-state index contributed by atoms with van der Waals surface area (Å²) in [6, 6.07) is 15.1. The van der Waals surface area contributed by atoms with Gasteiger partial charge in [0.1, 0.15) is 11.9 Å². The van der Waals surface area contributed by atoms with E-state index in [1.165, 1.54) is 0 Å². The third-order valence-electron chi connectivity index (χ3n) is 5.61. The number of hydrogen-bond acceptors (Lipinski definition) is 4. The summed E-state index contributed by atoms with van der Waals surface area (Å²) in [6.45, 7) is 1.35. The summed E-state index contributed by atoms with van der Waals surface area (Å²) in [4.78, 5) is 27.4. The highest BCUT2D eigenvalue weighted by molar-refractivity contribution is 5.98. The Morgan fingerprint density at radius 3 is 2.66 bits per heavy atom. The first-order valence-electron chi connectivity index (χ1n) is 10.1. The highest BCUT2D eigenvalue weighted by Gasteiger charge is 2.31. The van der Waals surface area contributed by atoms with Gasteiger partial charge in [0.25, 0.3) is 11.8 Å². The maximum atomic E-state index is 13.2. The Morgan fingerprint density at radius 2 is 1.93 bits per heavy atom. The SMILES string of the molecule is COc1ccc(C2CCCN2C(=O)c2cccc(NC(=O)C3CCCO3)c2)cc1. The highest BCUT2D eigenvalue weighted by Crippen LogP contribution is 2.34. The van der Waals surface area contributed by atoms with Crippen LogP contribution in [0, 0.1) is 0 Å². The Morgan fingerprint density at radius 1 is 1.10 bits per heavy atom. The number of carbonyl (C=O) groups is 2. The third kappa shape index (κ3) is 4.27. The zero-order chi connectivity index (χ0) is 20.2. The minimum absolute atomic E-state index is 0.0171. The number of methoxy groups -OCH3 is 1. The molecular weight excluding hydrogens is 368 g/mol. The van der Waals surface area contributed by atoms with E-state index in [0.29, 0.717) is 17.9 Å². The molecule has 2 atom stereocenters. The van der Waals surface area contributed by atoms with E-state index in [1.807, 2.05) is 29.2 Å². The van der Waals surface area contributed by atoms with E-state index >= 15 is 0 Å². The fraction of sp³-hybridized carbons (Fsp3) is 0.391. The Labute approximate surface area is 170 Å². The van der Waals surface area contributed by atoms with Crippen LogP contribution in [-0.2, 0) is 9.53 Å². The minimum Gasteiger partial charge on any atom is -0.497 e. The minimum atomic E-state index is -0.396. The number of nitrogens with one attached hydrogen (secondary N) is 1. The Balaban J connectivity index is 1.48. The van der Waals surface area contributed by atoms with Crippen molar-refractivity contribution in [2.45, 2.75) is 37.8 Å². The summed E-state index contributed by atoms with van der Waals surface area (Å²) in [5, 5.41) is 2.88. The first-order chi connectivity index (χ1) is 14.2. The van der Waals surface area contributed by atoms with Crippen LogP contribution < -0.4 is 10.1 Å². The van der Waals surface area contributed by atoms with Gasteiger partial charge in [0, 0.05) is 24.4 Å². The van der Waals surface area contributed by atoms with E-state index in [-0.39, 0.29) is 17.9 Å². The molecule has 29 heavy (non-hydrogen) atoms. The van der Waals surface area contributed by atoms with Gasteiger partial charge in [0.2, 0.25) is 0 Å². The van der Waals surface area contributed by atoms with Gasteiger partial charge < -0.3 is 19.7 Å². The molecule has 152 valence electrons. The van der Waals surface area contributed by atoms with E-state index in [1.54, 1.807) is 31.4 Å². The molecule has 2 amide bonds. The van der Waals surface area contributed by atoms with Gasteiger partial charge in [-0.25, -0.2) is 0 Å². The van der Waals surface area contributed by atoms with Crippen molar-refractivity contribution < 1.29 is 19.1 Å². The zero-order valence-electron chi connectivity index (χ0n) is 16.6. The van der Waals surface area contributed by atoms with Gasteiger partial charge in [-0.3, -0.25) is 9.59 Å². The number of rotatable bonds is 5. The monoisotopic (exact) mass is 394 g/mol. The largest absolute Gasteiger partial charge is 0.497 e. The molecule has 2 aliphatic heterocycles. The molecule has 2 saturated heterocycles. The summed E-state index contributed by atoms with van der Waals surface area (Å²) >= 11 is 0. The van der Waals surface area contributed by atoms with Crippen molar-refractivity contribution in [1.82, 2.24) is 4.90 Å². The van der Waals surface area contributed by atoms with Crippen molar-refractivity contribution >= 4 is 17.5 Å². The molecule has 2 aromatic rings. The molecule has 2 heterocycles. The van der Waals surface area contributed by atoms with E-state index in [0.717, 1.165) is 43.5 Å². The first kappa shape index (κ1) is 19.5. The fourth-order valence-electron chi connectivity index (χ4n) is 4.09. The third-order valence-corrected chi connectivity index (χ3v) is 5.61. The van der Waals surface area contributed by atoms with E-state index in [9.17, 15) is 9.59 Å². The van der Waals surface area contributed by atoms with Crippen LogP contribution in [0.3, 0.4) is 0 Å². The van der Waals surface area contributed by atoms with Gasteiger partial charge in [-0.1, -0.05) is 18.2 Å². The number of hydrogen-bond donors (Lipinski definition) is 1. The van der Waals surface area contributed by atoms with Gasteiger partial charge in [-0.05, 0) is 61.6 Å². The summed E-state index contributed by atoms with van der Waals surface area (Å²) < 4.78 is 10.7. The predicted octanol–water partition coefficient (Wildman–Crippen LogP) is 3.79. The van der Waals surface area contributed by atoms with Crippen molar-refractivity contribution in [3.05, 3.63) is 59.7 Å². The lowest BCUT2D eigenvalue weighted by Crippen LogP contribution is -2.31. The van der Waals surface area contributed by atoms with Gasteiger partial charge in [0.05, 0.1) is 13.2 Å². The summed E-state index contributed by atoms with van der Waals surface area (Å²) in [6.07, 6.45) is 3.15. The summed E-state index contributed by atoms with van der Waals surface area (Å²) in [5.41, 5.74) is 2.31. The molecule has 1 N–H and O–H groups in total. The number of ether oxygens (including phenoxy) is 2. The Hall–Kier alpha value is -2.86. The van der Waals surface area contributed by atoms with Crippen molar-refractivity contribution in [1.29, 1.82) is 0 Å². The first-order valence-corrected chi connectivity index (χ1v) is 10.1. The van der Waals surface area contributed by atoms with Crippen molar-refractivity contribution in [2.24, 2.45) is 0 Å². The van der Waals surface area contributed by atoms with Gasteiger partial charge in [-0.2, -0.15) is 0 Å². The number of likely N-dealkylation sites (tertiary alicyclic amines) is 1. The van der Waals surface area contributed by atoms with E-state index < -0.39 is 6.10 Å². The molecule has 0 aromatic heterocycles. The quantitative estimate of drug-likeness (QED) is 0.838. The molecule has 0 saturated carbocycles. The number of benzene rings is 2. The van der Waals surface area contributed by atoms with Crippen molar-refractivity contribution in [2.75, 3.05) is 25.6 Å². The van der Waals surface area contributed by atoms with Gasteiger partial charge in [0.15, 0.2) is 0 Å². The van der Waals surface area contributed by atoms with Crippen LogP contribution in [0.1, 0.15) is 47.6 Å². The second-order valence-corrected chi connectivity index (χ2v) is 7.50.